The summed E-state index contributed by atoms with van der Waals surface area (Å²) in [6.07, 6.45) is 4.55. The predicted molar refractivity (Wildman–Crippen MR) is 43.1 cm³/mol. The first-order valence-electron chi connectivity index (χ1n) is 4.29. The molecular formula is C9H14F2O. The van der Waals surface area contributed by atoms with Crippen LogP contribution in [0.3, 0.4) is 0 Å². The number of aliphatic hydroxyl groups is 1. The van der Waals surface area contributed by atoms with Crippen molar-refractivity contribution in [1.82, 2.24) is 0 Å². The molecule has 3 heteroatoms. The highest BCUT2D eigenvalue weighted by Gasteiger charge is 2.33. The second-order valence-corrected chi connectivity index (χ2v) is 3.30. The molecule has 0 bridgehead atoms. The van der Waals surface area contributed by atoms with Crippen molar-refractivity contribution in [3.63, 3.8) is 0 Å². The van der Waals surface area contributed by atoms with E-state index in [-0.39, 0.29) is 25.4 Å². The maximum absolute atomic E-state index is 12.6. The van der Waals surface area contributed by atoms with Crippen molar-refractivity contribution in [2.24, 2.45) is 5.92 Å². The maximum Gasteiger partial charge on any atom is 0.248 e. The van der Waals surface area contributed by atoms with Crippen LogP contribution < -0.4 is 0 Å². The van der Waals surface area contributed by atoms with Crippen molar-refractivity contribution >= 4 is 0 Å². The standard InChI is InChI=1S/C9H14F2O/c10-9(11)5-3-8(4-6-9)2-1-7-12/h1-2,8,12H,3-7H2/b2-1+. The summed E-state index contributed by atoms with van der Waals surface area (Å²) < 4.78 is 25.3. The zero-order chi connectivity index (χ0) is 9.03. The van der Waals surface area contributed by atoms with Crippen molar-refractivity contribution in [2.75, 3.05) is 6.61 Å². The van der Waals surface area contributed by atoms with E-state index >= 15 is 0 Å². The highest BCUT2D eigenvalue weighted by molar-refractivity contribution is 4.92. The molecule has 1 aliphatic carbocycles. The van der Waals surface area contributed by atoms with Gasteiger partial charge in [-0.3, -0.25) is 0 Å². The Morgan fingerprint density at radius 3 is 2.42 bits per heavy atom. The van der Waals surface area contributed by atoms with Crippen LogP contribution in [0.1, 0.15) is 25.7 Å². The Morgan fingerprint density at radius 2 is 1.92 bits per heavy atom. The molecule has 1 aliphatic rings. The lowest BCUT2D eigenvalue weighted by molar-refractivity contribution is -0.0411. The summed E-state index contributed by atoms with van der Waals surface area (Å²) in [6, 6.07) is 0. The Hall–Kier alpha value is -0.440. The third-order valence-electron chi connectivity index (χ3n) is 2.28. The molecule has 0 aromatic carbocycles. The molecule has 0 aromatic heterocycles. The summed E-state index contributed by atoms with van der Waals surface area (Å²) >= 11 is 0. The molecule has 70 valence electrons. The summed E-state index contributed by atoms with van der Waals surface area (Å²) in [6.45, 7) is 0.00684. The van der Waals surface area contributed by atoms with Gasteiger partial charge in [0.1, 0.15) is 0 Å². The van der Waals surface area contributed by atoms with Gasteiger partial charge in [0.25, 0.3) is 0 Å². The Bertz CT molecular complexity index is 156. The number of hydrogen-bond acceptors (Lipinski definition) is 1. The van der Waals surface area contributed by atoms with Crippen molar-refractivity contribution in [3.8, 4) is 0 Å². The van der Waals surface area contributed by atoms with Gasteiger partial charge in [-0.05, 0) is 18.8 Å². The van der Waals surface area contributed by atoms with Gasteiger partial charge in [0.15, 0.2) is 0 Å². The normalized spacial score (nSPS) is 24.9. The van der Waals surface area contributed by atoms with Gasteiger partial charge >= 0.3 is 0 Å². The number of rotatable bonds is 2. The predicted octanol–water partition coefficient (Wildman–Crippen LogP) is 2.36. The quantitative estimate of drug-likeness (QED) is 0.640. The van der Waals surface area contributed by atoms with E-state index in [9.17, 15) is 8.78 Å². The molecule has 1 N–H and O–H groups in total. The van der Waals surface area contributed by atoms with Crippen LogP contribution in [0.15, 0.2) is 12.2 Å². The first-order valence-corrected chi connectivity index (χ1v) is 4.29. The number of hydrogen-bond donors (Lipinski definition) is 1. The molecule has 0 saturated heterocycles. The van der Waals surface area contributed by atoms with Crippen LogP contribution in [0.2, 0.25) is 0 Å². The third kappa shape index (κ3) is 2.89. The zero-order valence-corrected chi connectivity index (χ0v) is 6.97. The fourth-order valence-electron chi connectivity index (χ4n) is 1.51. The first kappa shape index (κ1) is 9.65. The molecule has 1 fully saturated rings. The lowest BCUT2D eigenvalue weighted by Gasteiger charge is -2.26. The minimum absolute atomic E-state index is 0.00651. The van der Waals surface area contributed by atoms with Gasteiger partial charge in [-0.15, -0.1) is 0 Å². The molecular weight excluding hydrogens is 162 g/mol. The SMILES string of the molecule is OC/C=C/C1CCC(F)(F)CC1. The minimum Gasteiger partial charge on any atom is -0.392 e. The number of alkyl halides is 2. The van der Waals surface area contributed by atoms with E-state index in [1.807, 2.05) is 6.08 Å². The van der Waals surface area contributed by atoms with Gasteiger partial charge in [0.2, 0.25) is 5.92 Å². The number of halogens is 2. The van der Waals surface area contributed by atoms with Gasteiger partial charge in [-0.2, -0.15) is 0 Å². The van der Waals surface area contributed by atoms with E-state index in [2.05, 4.69) is 0 Å². The van der Waals surface area contributed by atoms with E-state index in [4.69, 9.17) is 5.11 Å². The van der Waals surface area contributed by atoms with Crippen LogP contribution in [-0.4, -0.2) is 17.6 Å². The summed E-state index contributed by atoms with van der Waals surface area (Å²) in [4.78, 5) is 0. The summed E-state index contributed by atoms with van der Waals surface area (Å²) in [5.41, 5.74) is 0. The van der Waals surface area contributed by atoms with Crippen molar-refractivity contribution < 1.29 is 13.9 Å². The molecule has 1 nitrogen and oxygen atoms in total. The van der Waals surface area contributed by atoms with Gasteiger partial charge in [-0.1, -0.05) is 12.2 Å². The Kier molecular flexibility index (Phi) is 3.20. The topological polar surface area (TPSA) is 20.2 Å². The highest BCUT2D eigenvalue weighted by Crippen LogP contribution is 2.36. The zero-order valence-electron chi connectivity index (χ0n) is 6.97. The first-order chi connectivity index (χ1) is 5.64. The Labute approximate surface area is 71.1 Å². The molecule has 0 unspecified atom stereocenters. The van der Waals surface area contributed by atoms with Crippen LogP contribution in [0.25, 0.3) is 0 Å². The van der Waals surface area contributed by atoms with Crippen LogP contribution in [0.4, 0.5) is 8.78 Å². The number of allylic oxidation sites excluding steroid dienone is 1. The lowest BCUT2D eigenvalue weighted by Crippen LogP contribution is -2.23. The molecule has 0 aromatic rings. The van der Waals surface area contributed by atoms with Crippen molar-refractivity contribution in [3.05, 3.63) is 12.2 Å². The molecule has 0 atom stereocenters. The fourth-order valence-corrected chi connectivity index (χ4v) is 1.51. The summed E-state index contributed by atoms with van der Waals surface area (Å²) in [5.74, 6) is -2.19. The molecule has 0 aliphatic heterocycles. The van der Waals surface area contributed by atoms with E-state index in [1.165, 1.54) is 0 Å². The average Bonchev–Trinajstić information content (AvgIpc) is 2.03. The number of aliphatic hydroxyl groups excluding tert-OH is 1. The van der Waals surface area contributed by atoms with Gasteiger partial charge < -0.3 is 5.11 Å². The average molecular weight is 176 g/mol. The van der Waals surface area contributed by atoms with Crippen LogP contribution in [0.5, 0.6) is 0 Å². The minimum atomic E-state index is -2.44. The monoisotopic (exact) mass is 176 g/mol. The van der Waals surface area contributed by atoms with E-state index in [0.29, 0.717) is 12.8 Å². The largest absolute Gasteiger partial charge is 0.392 e. The lowest BCUT2D eigenvalue weighted by atomic mass is 9.86. The van der Waals surface area contributed by atoms with Gasteiger partial charge in [0.05, 0.1) is 6.61 Å². The second kappa shape index (κ2) is 3.99. The fraction of sp³-hybridized carbons (Fsp3) is 0.778. The van der Waals surface area contributed by atoms with Crippen LogP contribution >= 0.6 is 0 Å². The van der Waals surface area contributed by atoms with E-state index in [0.717, 1.165) is 0 Å². The Balaban J connectivity index is 2.31. The molecule has 0 amide bonds. The maximum atomic E-state index is 12.6. The van der Waals surface area contributed by atoms with E-state index in [1.54, 1.807) is 6.08 Å². The third-order valence-corrected chi connectivity index (χ3v) is 2.28. The Morgan fingerprint density at radius 1 is 1.33 bits per heavy atom. The van der Waals surface area contributed by atoms with Gasteiger partial charge in [-0.25, -0.2) is 8.78 Å². The summed E-state index contributed by atoms with van der Waals surface area (Å²) in [7, 11) is 0. The molecule has 0 heterocycles. The molecule has 1 saturated carbocycles. The van der Waals surface area contributed by atoms with Crippen molar-refractivity contribution in [1.29, 1.82) is 0 Å². The van der Waals surface area contributed by atoms with Crippen molar-refractivity contribution in [2.45, 2.75) is 31.6 Å². The molecule has 0 spiro atoms. The second-order valence-electron chi connectivity index (χ2n) is 3.30. The highest BCUT2D eigenvalue weighted by atomic mass is 19.3. The van der Waals surface area contributed by atoms with Crippen LogP contribution in [-0.2, 0) is 0 Å². The molecule has 0 radical (unpaired) electrons. The molecule has 12 heavy (non-hydrogen) atoms. The molecule has 1 rings (SSSR count). The smallest absolute Gasteiger partial charge is 0.248 e. The van der Waals surface area contributed by atoms with Crippen LogP contribution in [0, 0.1) is 5.92 Å². The van der Waals surface area contributed by atoms with E-state index < -0.39 is 5.92 Å². The van der Waals surface area contributed by atoms with Gasteiger partial charge in [0, 0.05) is 12.8 Å². The summed E-state index contributed by atoms with van der Waals surface area (Å²) in [5, 5.41) is 8.46.